The van der Waals surface area contributed by atoms with Crippen LogP contribution in [0.5, 0.6) is 0 Å². The van der Waals surface area contributed by atoms with Crippen molar-refractivity contribution in [2.45, 2.75) is 6.54 Å². The second kappa shape index (κ2) is 5.60. The maximum Gasteiger partial charge on any atom is 0.137 e. The minimum Gasteiger partial charge on any atom is -0.380 e. The fraction of sp³-hybridized carbons (Fsp3) is 0.0833. The smallest absolute Gasteiger partial charge is 0.137 e. The van der Waals surface area contributed by atoms with Crippen molar-refractivity contribution in [2.75, 3.05) is 5.32 Å². The maximum atomic E-state index is 13.0. The van der Waals surface area contributed by atoms with Crippen LogP contribution in [0.3, 0.4) is 0 Å². The summed E-state index contributed by atoms with van der Waals surface area (Å²) in [5.74, 6) is -0.251. The Bertz CT molecular complexity index is 514. The molecule has 5 heteroatoms. The van der Waals surface area contributed by atoms with Crippen LogP contribution in [-0.4, -0.2) is 4.98 Å². The Morgan fingerprint density at radius 3 is 2.65 bits per heavy atom. The molecular weight excluding hydrogens is 351 g/mol. The average molecular weight is 360 g/mol. The van der Waals surface area contributed by atoms with Gasteiger partial charge in [-0.05, 0) is 61.7 Å². The van der Waals surface area contributed by atoms with Gasteiger partial charge in [0.05, 0.1) is 16.4 Å². The highest BCUT2D eigenvalue weighted by Gasteiger charge is 2.00. The molecule has 0 amide bonds. The summed E-state index contributed by atoms with van der Waals surface area (Å²) in [4.78, 5) is 4.11. The molecule has 0 spiro atoms. The van der Waals surface area contributed by atoms with Crippen molar-refractivity contribution in [3.8, 4) is 0 Å². The van der Waals surface area contributed by atoms with Gasteiger partial charge in [-0.1, -0.05) is 6.07 Å². The molecule has 0 saturated heterocycles. The predicted octanol–water partition coefficient (Wildman–Crippen LogP) is 4.36. The molecule has 1 heterocycles. The normalized spacial score (nSPS) is 10.3. The highest BCUT2D eigenvalue weighted by atomic mass is 79.9. The van der Waals surface area contributed by atoms with E-state index in [1.807, 2.05) is 12.1 Å². The zero-order valence-corrected chi connectivity index (χ0v) is 11.9. The number of nitrogens with one attached hydrogen (secondary N) is 1. The average Bonchev–Trinajstić information content (AvgIpc) is 2.33. The number of benzene rings is 1. The zero-order valence-electron chi connectivity index (χ0n) is 8.75. The van der Waals surface area contributed by atoms with E-state index >= 15 is 0 Å². The molecule has 1 N–H and O–H groups in total. The van der Waals surface area contributed by atoms with Gasteiger partial charge in [0.1, 0.15) is 10.4 Å². The fourth-order valence-electron chi connectivity index (χ4n) is 1.33. The third kappa shape index (κ3) is 3.51. The molecule has 1 aromatic carbocycles. The lowest BCUT2D eigenvalue weighted by molar-refractivity contribution is 0.620. The van der Waals surface area contributed by atoms with E-state index in [1.165, 1.54) is 6.07 Å². The summed E-state index contributed by atoms with van der Waals surface area (Å²) in [6, 6.07) is 8.74. The van der Waals surface area contributed by atoms with Gasteiger partial charge >= 0.3 is 0 Å². The molecule has 0 radical (unpaired) electrons. The van der Waals surface area contributed by atoms with Crippen LogP contribution in [0, 0.1) is 5.82 Å². The quantitative estimate of drug-likeness (QED) is 0.823. The van der Waals surface area contributed by atoms with Crippen LogP contribution >= 0.6 is 31.9 Å². The first-order valence-electron chi connectivity index (χ1n) is 4.94. The van der Waals surface area contributed by atoms with Gasteiger partial charge in [0, 0.05) is 6.54 Å². The molecule has 0 aliphatic carbocycles. The van der Waals surface area contributed by atoms with E-state index in [0.29, 0.717) is 11.0 Å². The summed E-state index contributed by atoms with van der Waals surface area (Å²) in [6.45, 7) is 0.627. The molecule has 88 valence electrons. The van der Waals surface area contributed by atoms with Crippen molar-refractivity contribution in [2.24, 2.45) is 0 Å². The first kappa shape index (κ1) is 12.5. The number of anilines is 1. The third-order valence-electron chi connectivity index (χ3n) is 2.21. The number of hydrogen-bond donors (Lipinski definition) is 1. The first-order valence-corrected chi connectivity index (χ1v) is 6.53. The van der Waals surface area contributed by atoms with E-state index in [9.17, 15) is 4.39 Å². The molecule has 1 aromatic heterocycles. The predicted molar refractivity (Wildman–Crippen MR) is 73.4 cm³/mol. The standard InChI is InChI=1S/C12H9Br2FN2/c13-10-5-8(1-3-11(10)15)6-16-9-2-4-12(14)17-7-9/h1-5,7,16H,6H2. The number of nitrogens with zero attached hydrogens (tertiary/aromatic N) is 1. The second-order valence-electron chi connectivity index (χ2n) is 3.47. The molecule has 0 atom stereocenters. The van der Waals surface area contributed by atoms with E-state index in [2.05, 4.69) is 42.2 Å². The summed E-state index contributed by atoms with van der Waals surface area (Å²) in [7, 11) is 0. The molecule has 0 saturated carbocycles. The van der Waals surface area contributed by atoms with Crippen LogP contribution in [-0.2, 0) is 6.54 Å². The highest BCUT2D eigenvalue weighted by molar-refractivity contribution is 9.10. The summed E-state index contributed by atoms with van der Waals surface area (Å²) in [6.07, 6.45) is 1.74. The Balaban J connectivity index is 2.02. The minimum absolute atomic E-state index is 0.251. The van der Waals surface area contributed by atoms with Crippen molar-refractivity contribution >= 4 is 37.5 Å². The van der Waals surface area contributed by atoms with Crippen molar-refractivity contribution < 1.29 is 4.39 Å². The largest absolute Gasteiger partial charge is 0.380 e. The van der Waals surface area contributed by atoms with Crippen molar-refractivity contribution in [3.63, 3.8) is 0 Å². The van der Waals surface area contributed by atoms with E-state index < -0.39 is 0 Å². The van der Waals surface area contributed by atoms with Crippen LogP contribution in [0.1, 0.15) is 5.56 Å². The van der Waals surface area contributed by atoms with Crippen molar-refractivity contribution in [3.05, 3.63) is 57.0 Å². The van der Waals surface area contributed by atoms with Gasteiger partial charge in [-0.3, -0.25) is 0 Å². The molecule has 0 aliphatic rings. The summed E-state index contributed by atoms with van der Waals surface area (Å²) in [5, 5.41) is 3.21. The van der Waals surface area contributed by atoms with Gasteiger partial charge < -0.3 is 5.32 Å². The van der Waals surface area contributed by atoms with Gasteiger partial charge in [0.15, 0.2) is 0 Å². The summed E-state index contributed by atoms with van der Waals surface area (Å²) < 4.78 is 14.3. The number of aromatic nitrogens is 1. The van der Waals surface area contributed by atoms with Crippen molar-refractivity contribution in [1.82, 2.24) is 4.98 Å². The Hall–Kier alpha value is -0.940. The SMILES string of the molecule is Fc1ccc(CNc2ccc(Br)nc2)cc1Br. The highest BCUT2D eigenvalue weighted by Crippen LogP contribution is 2.18. The number of pyridine rings is 1. The number of rotatable bonds is 3. The lowest BCUT2D eigenvalue weighted by atomic mass is 10.2. The van der Waals surface area contributed by atoms with Gasteiger partial charge in [-0.25, -0.2) is 9.37 Å². The number of hydrogen-bond acceptors (Lipinski definition) is 2. The molecular formula is C12H9Br2FN2. The Morgan fingerprint density at radius 2 is 2.00 bits per heavy atom. The molecule has 0 unspecified atom stereocenters. The molecule has 2 aromatic rings. The second-order valence-corrected chi connectivity index (χ2v) is 5.14. The van der Waals surface area contributed by atoms with Crippen LogP contribution in [0.4, 0.5) is 10.1 Å². The Labute approximate surface area is 116 Å². The topological polar surface area (TPSA) is 24.9 Å². The van der Waals surface area contributed by atoms with Crippen LogP contribution in [0.25, 0.3) is 0 Å². The molecule has 17 heavy (non-hydrogen) atoms. The summed E-state index contributed by atoms with van der Waals surface area (Å²) >= 11 is 6.43. The van der Waals surface area contributed by atoms with Gasteiger partial charge in [0.25, 0.3) is 0 Å². The van der Waals surface area contributed by atoms with Crippen LogP contribution in [0.2, 0.25) is 0 Å². The van der Waals surface area contributed by atoms with Crippen molar-refractivity contribution in [1.29, 1.82) is 0 Å². The van der Waals surface area contributed by atoms with Gasteiger partial charge in [0.2, 0.25) is 0 Å². The van der Waals surface area contributed by atoms with E-state index in [0.717, 1.165) is 15.9 Å². The lowest BCUT2D eigenvalue weighted by Gasteiger charge is -2.06. The summed E-state index contributed by atoms with van der Waals surface area (Å²) in [5.41, 5.74) is 1.93. The zero-order chi connectivity index (χ0) is 12.3. The fourth-order valence-corrected chi connectivity index (χ4v) is 1.99. The molecule has 0 bridgehead atoms. The molecule has 0 aliphatic heterocycles. The van der Waals surface area contributed by atoms with Gasteiger partial charge in [-0.15, -0.1) is 0 Å². The maximum absolute atomic E-state index is 13.0. The molecule has 2 nitrogen and oxygen atoms in total. The van der Waals surface area contributed by atoms with Gasteiger partial charge in [-0.2, -0.15) is 0 Å². The number of halogens is 3. The minimum atomic E-state index is -0.251. The lowest BCUT2D eigenvalue weighted by Crippen LogP contribution is -2.00. The van der Waals surface area contributed by atoms with E-state index in [4.69, 9.17) is 0 Å². The molecule has 0 fully saturated rings. The van der Waals surface area contributed by atoms with E-state index in [1.54, 1.807) is 18.3 Å². The monoisotopic (exact) mass is 358 g/mol. The van der Waals surface area contributed by atoms with Crippen LogP contribution < -0.4 is 5.32 Å². The third-order valence-corrected chi connectivity index (χ3v) is 3.28. The Morgan fingerprint density at radius 1 is 1.18 bits per heavy atom. The Kier molecular flexibility index (Phi) is 4.12. The first-order chi connectivity index (χ1) is 8.15. The van der Waals surface area contributed by atoms with E-state index in [-0.39, 0.29) is 5.82 Å². The molecule has 2 rings (SSSR count). The van der Waals surface area contributed by atoms with Crippen LogP contribution in [0.15, 0.2) is 45.6 Å².